The van der Waals surface area contributed by atoms with Crippen molar-refractivity contribution in [2.24, 2.45) is 10.4 Å². The van der Waals surface area contributed by atoms with Crippen LogP contribution in [-0.2, 0) is 6.54 Å². The second-order valence-electron chi connectivity index (χ2n) is 7.34. The molecule has 1 N–H and O–H groups in total. The van der Waals surface area contributed by atoms with Gasteiger partial charge in [-0.1, -0.05) is 30.8 Å². The van der Waals surface area contributed by atoms with E-state index in [4.69, 9.17) is 9.52 Å². The van der Waals surface area contributed by atoms with Gasteiger partial charge in [-0.25, -0.2) is 4.99 Å². The molecule has 3 rings (SSSR count). The summed E-state index contributed by atoms with van der Waals surface area (Å²) in [7, 11) is 0. The average Bonchev–Trinajstić information content (AvgIpc) is 2.87. The summed E-state index contributed by atoms with van der Waals surface area (Å²) in [4.78, 5) is 11.5. The number of aryl methyl sites for hydroxylation is 1. The van der Waals surface area contributed by atoms with Crippen LogP contribution in [0.2, 0.25) is 0 Å². The van der Waals surface area contributed by atoms with Crippen LogP contribution in [0.3, 0.4) is 0 Å². The Morgan fingerprint density at radius 3 is 2.56 bits per heavy atom. The largest absolute Gasteiger partial charge is 0.357 e. The highest BCUT2D eigenvalue weighted by atomic mass is 127. The summed E-state index contributed by atoms with van der Waals surface area (Å²) in [6, 6.07) is 0. The minimum atomic E-state index is 0. The van der Waals surface area contributed by atoms with E-state index in [1.165, 1.54) is 51.4 Å². The molecule has 1 aliphatic carbocycles. The van der Waals surface area contributed by atoms with Gasteiger partial charge < -0.3 is 14.7 Å². The van der Waals surface area contributed by atoms with Crippen molar-refractivity contribution < 1.29 is 4.52 Å². The highest BCUT2D eigenvalue weighted by Crippen LogP contribution is 2.42. The van der Waals surface area contributed by atoms with Gasteiger partial charge >= 0.3 is 0 Å². The third-order valence-electron chi connectivity index (χ3n) is 5.40. The van der Waals surface area contributed by atoms with Crippen LogP contribution < -0.4 is 5.32 Å². The Bertz CT molecular complexity index is 551. The van der Waals surface area contributed by atoms with Crippen LogP contribution in [0.1, 0.15) is 70.0 Å². The number of likely N-dealkylation sites (tertiary alicyclic amines) is 1. The SMILES string of the molecule is CCNC(=NCc1noc(C)n1)N1CCCC2(CCCCCC2)C1.I. The van der Waals surface area contributed by atoms with Gasteiger partial charge in [0.15, 0.2) is 11.8 Å². The van der Waals surface area contributed by atoms with E-state index >= 15 is 0 Å². The quantitative estimate of drug-likeness (QED) is 0.420. The molecule has 6 nitrogen and oxygen atoms in total. The lowest BCUT2D eigenvalue weighted by Gasteiger charge is -2.44. The van der Waals surface area contributed by atoms with Crippen LogP contribution in [0, 0.1) is 12.3 Å². The number of rotatable bonds is 3. The van der Waals surface area contributed by atoms with Gasteiger partial charge in [0.2, 0.25) is 5.89 Å². The molecule has 142 valence electrons. The molecule has 0 amide bonds. The smallest absolute Gasteiger partial charge is 0.223 e. The van der Waals surface area contributed by atoms with Gasteiger partial charge in [-0.05, 0) is 38.0 Å². The van der Waals surface area contributed by atoms with Gasteiger partial charge in [0, 0.05) is 26.6 Å². The average molecular weight is 461 g/mol. The second kappa shape index (κ2) is 9.73. The molecule has 2 heterocycles. The Labute approximate surface area is 168 Å². The Morgan fingerprint density at radius 1 is 1.20 bits per heavy atom. The predicted molar refractivity (Wildman–Crippen MR) is 110 cm³/mol. The van der Waals surface area contributed by atoms with E-state index in [2.05, 4.69) is 27.3 Å². The predicted octanol–water partition coefficient (Wildman–Crippen LogP) is 3.90. The minimum Gasteiger partial charge on any atom is -0.357 e. The molecule has 1 aromatic heterocycles. The summed E-state index contributed by atoms with van der Waals surface area (Å²) >= 11 is 0. The van der Waals surface area contributed by atoms with E-state index in [1.807, 2.05) is 6.92 Å². The number of nitrogens with one attached hydrogen (secondary N) is 1. The van der Waals surface area contributed by atoms with Gasteiger partial charge in [-0.15, -0.1) is 24.0 Å². The van der Waals surface area contributed by atoms with Crippen molar-refractivity contribution in [2.75, 3.05) is 19.6 Å². The van der Waals surface area contributed by atoms with Crippen molar-refractivity contribution in [3.63, 3.8) is 0 Å². The van der Waals surface area contributed by atoms with Crippen molar-refractivity contribution in [3.8, 4) is 0 Å². The monoisotopic (exact) mass is 461 g/mol. The molecule has 25 heavy (non-hydrogen) atoms. The first-order valence-corrected chi connectivity index (χ1v) is 9.53. The van der Waals surface area contributed by atoms with E-state index < -0.39 is 0 Å². The van der Waals surface area contributed by atoms with Crippen LogP contribution in [0.15, 0.2) is 9.52 Å². The van der Waals surface area contributed by atoms with E-state index in [9.17, 15) is 0 Å². The van der Waals surface area contributed by atoms with Gasteiger partial charge in [0.05, 0.1) is 0 Å². The van der Waals surface area contributed by atoms with Crippen molar-refractivity contribution in [3.05, 3.63) is 11.7 Å². The number of halogens is 1. The Kier molecular flexibility index (Phi) is 7.96. The van der Waals surface area contributed by atoms with Crippen molar-refractivity contribution >= 4 is 29.9 Å². The summed E-state index contributed by atoms with van der Waals surface area (Å²) in [5.74, 6) is 2.26. The number of aliphatic imine (C=N–C) groups is 1. The van der Waals surface area contributed by atoms with Gasteiger partial charge in [-0.2, -0.15) is 4.98 Å². The van der Waals surface area contributed by atoms with Gasteiger partial charge in [0.25, 0.3) is 0 Å². The fourth-order valence-corrected chi connectivity index (χ4v) is 4.25. The zero-order valence-corrected chi connectivity index (χ0v) is 17.9. The molecule has 0 radical (unpaired) electrons. The van der Waals surface area contributed by atoms with Crippen molar-refractivity contribution in [2.45, 2.75) is 71.8 Å². The lowest BCUT2D eigenvalue weighted by molar-refractivity contribution is 0.115. The third kappa shape index (κ3) is 5.56. The van der Waals surface area contributed by atoms with E-state index in [0.29, 0.717) is 23.7 Å². The molecule has 2 aliphatic rings. The molecule has 1 aromatic rings. The molecule has 1 saturated carbocycles. The molecular weight excluding hydrogens is 429 g/mol. The number of hydrogen-bond acceptors (Lipinski definition) is 4. The first-order valence-electron chi connectivity index (χ1n) is 9.53. The summed E-state index contributed by atoms with van der Waals surface area (Å²) in [5, 5.41) is 7.41. The summed E-state index contributed by atoms with van der Waals surface area (Å²) in [5.41, 5.74) is 0.508. The zero-order chi connectivity index (χ0) is 16.8. The van der Waals surface area contributed by atoms with Crippen molar-refractivity contribution in [1.29, 1.82) is 0 Å². The number of nitrogens with zero attached hydrogens (tertiary/aromatic N) is 4. The minimum absolute atomic E-state index is 0. The van der Waals surface area contributed by atoms with Crippen LogP contribution in [0.4, 0.5) is 0 Å². The Morgan fingerprint density at radius 2 is 1.92 bits per heavy atom. The lowest BCUT2D eigenvalue weighted by Crippen LogP contribution is -2.50. The van der Waals surface area contributed by atoms with Crippen LogP contribution in [0.5, 0.6) is 0 Å². The number of hydrogen-bond donors (Lipinski definition) is 1. The highest BCUT2D eigenvalue weighted by Gasteiger charge is 2.36. The fraction of sp³-hybridized carbons (Fsp3) is 0.833. The molecule has 0 unspecified atom stereocenters. The van der Waals surface area contributed by atoms with Crippen LogP contribution in [-0.4, -0.2) is 40.6 Å². The second-order valence-corrected chi connectivity index (χ2v) is 7.34. The summed E-state index contributed by atoms with van der Waals surface area (Å²) in [6.07, 6.45) is 11.0. The molecule has 0 atom stereocenters. The molecule has 0 bridgehead atoms. The van der Waals surface area contributed by atoms with Crippen LogP contribution >= 0.6 is 24.0 Å². The van der Waals surface area contributed by atoms with Gasteiger partial charge in [-0.3, -0.25) is 0 Å². The molecule has 1 spiro atoms. The van der Waals surface area contributed by atoms with E-state index in [-0.39, 0.29) is 24.0 Å². The Balaban J connectivity index is 0.00000225. The van der Waals surface area contributed by atoms with E-state index in [0.717, 1.165) is 25.6 Å². The topological polar surface area (TPSA) is 66.5 Å². The zero-order valence-electron chi connectivity index (χ0n) is 15.6. The maximum absolute atomic E-state index is 5.04. The van der Waals surface area contributed by atoms with Crippen LogP contribution in [0.25, 0.3) is 0 Å². The first kappa shape index (κ1) is 20.5. The molecular formula is C18H32IN5O. The molecule has 1 saturated heterocycles. The summed E-state index contributed by atoms with van der Waals surface area (Å²) < 4.78 is 5.04. The highest BCUT2D eigenvalue weighted by molar-refractivity contribution is 14.0. The Hall–Kier alpha value is -0.860. The number of aromatic nitrogens is 2. The summed E-state index contributed by atoms with van der Waals surface area (Å²) in [6.45, 7) is 7.53. The lowest BCUT2D eigenvalue weighted by atomic mass is 9.74. The van der Waals surface area contributed by atoms with Crippen molar-refractivity contribution in [1.82, 2.24) is 20.4 Å². The number of guanidine groups is 1. The normalized spacial score (nSPS) is 20.9. The molecule has 7 heteroatoms. The third-order valence-corrected chi connectivity index (χ3v) is 5.40. The fourth-order valence-electron chi connectivity index (χ4n) is 4.25. The molecule has 1 aliphatic heterocycles. The maximum atomic E-state index is 5.04. The van der Waals surface area contributed by atoms with E-state index in [1.54, 1.807) is 0 Å². The molecule has 0 aromatic carbocycles. The molecule has 2 fully saturated rings. The standard InChI is InChI=1S/C18H31N5O.HI/c1-3-19-17(20-13-16-21-15(2)24-22-16)23-12-8-11-18(14-23)9-6-4-5-7-10-18;/h3-14H2,1-2H3,(H,19,20);1H. The number of piperidine rings is 1. The first-order chi connectivity index (χ1) is 11.7. The maximum Gasteiger partial charge on any atom is 0.223 e. The van der Waals surface area contributed by atoms with Gasteiger partial charge in [0.1, 0.15) is 6.54 Å².